The largest absolute Gasteiger partial charge is 0.489 e. The van der Waals surface area contributed by atoms with E-state index in [9.17, 15) is 18.0 Å². The molecule has 7 heteroatoms. The second kappa shape index (κ2) is 7.91. The number of alkyl halides is 3. The first kappa shape index (κ1) is 19.5. The molecule has 0 aliphatic carbocycles. The Morgan fingerprint density at radius 1 is 1.10 bits per heavy atom. The van der Waals surface area contributed by atoms with Crippen molar-refractivity contribution in [2.75, 3.05) is 13.1 Å². The van der Waals surface area contributed by atoms with Gasteiger partial charge in [-0.2, -0.15) is 13.2 Å². The molecule has 4 nitrogen and oxygen atoms in total. The average molecular weight is 402 g/mol. The van der Waals surface area contributed by atoms with Gasteiger partial charge in [-0.25, -0.2) is 0 Å². The molecule has 0 bridgehead atoms. The number of ether oxygens (including phenoxy) is 1. The first-order chi connectivity index (χ1) is 13.9. The lowest BCUT2D eigenvalue weighted by Gasteiger charge is -2.33. The number of halogens is 3. The molecule has 1 aliphatic rings. The molecule has 3 aromatic rings. The number of aromatic amines is 1. The summed E-state index contributed by atoms with van der Waals surface area (Å²) in [4.78, 5) is 16.7. The highest BCUT2D eigenvalue weighted by Gasteiger charge is 2.30. The number of benzene rings is 2. The number of H-pyrrole nitrogens is 1. The molecule has 152 valence electrons. The maximum absolute atomic E-state index is 12.7. The fourth-order valence-electron chi connectivity index (χ4n) is 3.75. The van der Waals surface area contributed by atoms with E-state index in [1.807, 2.05) is 12.1 Å². The van der Waals surface area contributed by atoms with Gasteiger partial charge in [0.1, 0.15) is 11.9 Å². The first-order valence-electron chi connectivity index (χ1n) is 9.55. The van der Waals surface area contributed by atoms with Crippen LogP contribution in [-0.4, -0.2) is 29.1 Å². The van der Waals surface area contributed by atoms with Crippen molar-refractivity contribution in [3.8, 4) is 5.75 Å². The smallest absolute Gasteiger partial charge is 0.416 e. The van der Waals surface area contributed by atoms with E-state index in [2.05, 4.69) is 9.88 Å². The molecular formula is C22H21F3N2O2. The van der Waals surface area contributed by atoms with Gasteiger partial charge in [0.25, 0.3) is 5.56 Å². The van der Waals surface area contributed by atoms with Crippen molar-refractivity contribution in [3.63, 3.8) is 0 Å². The number of aromatic nitrogens is 1. The predicted molar refractivity (Wildman–Crippen MR) is 105 cm³/mol. The number of pyridine rings is 1. The van der Waals surface area contributed by atoms with Gasteiger partial charge in [0.2, 0.25) is 0 Å². The zero-order valence-corrected chi connectivity index (χ0v) is 15.7. The van der Waals surface area contributed by atoms with E-state index < -0.39 is 11.7 Å². The van der Waals surface area contributed by atoms with E-state index in [0.29, 0.717) is 24.2 Å². The summed E-state index contributed by atoms with van der Waals surface area (Å²) in [5.74, 6) is 0.712. The van der Waals surface area contributed by atoms with Gasteiger partial charge in [-0.1, -0.05) is 12.1 Å². The normalized spacial score (nSPS) is 18.1. The summed E-state index contributed by atoms with van der Waals surface area (Å²) in [5.41, 5.74) is 0.0919. The summed E-state index contributed by atoms with van der Waals surface area (Å²) in [7, 11) is 0. The maximum atomic E-state index is 12.7. The van der Waals surface area contributed by atoms with Gasteiger partial charge in [-0.3, -0.25) is 9.69 Å². The van der Waals surface area contributed by atoms with E-state index in [0.717, 1.165) is 42.5 Å². The minimum absolute atomic E-state index is 0.00218. The van der Waals surface area contributed by atoms with Crippen LogP contribution in [0, 0.1) is 0 Å². The van der Waals surface area contributed by atoms with E-state index in [4.69, 9.17) is 4.74 Å². The van der Waals surface area contributed by atoms with E-state index >= 15 is 0 Å². The van der Waals surface area contributed by atoms with Crippen LogP contribution < -0.4 is 10.3 Å². The molecule has 1 aromatic heterocycles. The number of rotatable bonds is 4. The lowest BCUT2D eigenvalue weighted by Crippen LogP contribution is -2.40. The molecule has 0 spiro atoms. The maximum Gasteiger partial charge on any atom is 0.416 e. The van der Waals surface area contributed by atoms with Crippen LogP contribution in [0.5, 0.6) is 5.75 Å². The quantitative estimate of drug-likeness (QED) is 0.694. The van der Waals surface area contributed by atoms with Crippen LogP contribution in [0.2, 0.25) is 0 Å². The second-order valence-electron chi connectivity index (χ2n) is 7.37. The zero-order valence-electron chi connectivity index (χ0n) is 15.7. The summed E-state index contributed by atoms with van der Waals surface area (Å²) >= 11 is 0. The van der Waals surface area contributed by atoms with Gasteiger partial charge in [-0.15, -0.1) is 0 Å². The molecule has 4 rings (SSSR count). The fraction of sp³-hybridized carbons (Fsp3) is 0.318. The minimum Gasteiger partial charge on any atom is -0.489 e. The first-order valence-corrected chi connectivity index (χ1v) is 9.55. The number of nitrogens with one attached hydrogen (secondary N) is 1. The Kier molecular flexibility index (Phi) is 5.32. The lowest BCUT2D eigenvalue weighted by atomic mass is 10.1. The van der Waals surface area contributed by atoms with Crippen LogP contribution in [0.15, 0.2) is 59.5 Å². The Morgan fingerprint density at radius 3 is 2.66 bits per heavy atom. The highest BCUT2D eigenvalue weighted by Crippen LogP contribution is 2.29. The van der Waals surface area contributed by atoms with Crippen molar-refractivity contribution in [1.82, 2.24) is 9.88 Å². The third-order valence-corrected chi connectivity index (χ3v) is 5.20. The fourth-order valence-corrected chi connectivity index (χ4v) is 3.75. The van der Waals surface area contributed by atoms with Crippen molar-refractivity contribution in [2.45, 2.75) is 31.7 Å². The molecule has 1 fully saturated rings. The Morgan fingerprint density at radius 2 is 1.90 bits per heavy atom. The number of fused-ring (bicyclic) bond motifs is 1. The van der Waals surface area contributed by atoms with Crippen LogP contribution in [0.1, 0.15) is 24.0 Å². The molecule has 0 radical (unpaired) electrons. The van der Waals surface area contributed by atoms with Crippen LogP contribution in [0.25, 0.3) is 10.8 Å². The standard InChI is InChI=1S/C22H21F3N2O2/c23-22(24,25)17-5-3-15(4-6-17)13-27-11-1-2-19(14-27)29-18-7-8-20-16(12-18)9-10-26-21(20)28/h3-10,12,19H,1-2,11,13-14H2,(H,26,28). The molecule has 1 atom stereocenters. The van der Waals surface area contributed by atoms with Crippen LogP contribution in [0.3, 0.4) is 0 Å². The number of hydrogen-bond donors (Lipinski definition) is 1. The Hall–Kier alpha value is -2.80. The highest BCUT2D eigenvalue weighted by atomic mass is 19.4. The average Bonchev–Trinajstić information content (AvgIpc) is 2.68. The summed E-state index contributed by atoms with van der Waals surface area (Å²) in [5, 5.41) is 1.44. The Labute approximate surface area is 165 Å². The SMILES string of the molecule is O=c1[nH]ccc2cc(OC3CCCN(Cc4ccc(C(F)(F)F)cc4)C3)ccc12. The summed E-state index contributed by atoms with van der Waals surface area (Å²) in [6, 6.07) is 12.6. The topological polar surface area (TPSA) is 45.3 Å². The molecule has 29 heavy (non-hydrogen) atoms. The Balaban J connectivity index is 1.40. The van der Waals surface area contributed by atoms with Crippen molar-refractivity contribution < 1.29 is 17.9 Å². The number of nitrogens with zero attached hydrogens (tertiary/aromatic N) is 1. The molecule has 1 unspecified atom stereocenters. The molecule has 2 aromatic carbocycles. The lowest BCUT2D eigenvalue weighted by molar-refractivity contribution is -0.137. The highest BCUT2D eigenvalue weighted by molar-refractivity contribution is 5.82. The predicted octanol–water partition coefficient (Wildman–Crippen LogP) is 4.59. The Bertz CT molecular complexity index is 1040. The van der Waals surface area contributed by atoms with Crippen molar-refractivity contribution in [3.05, 3.63) is 76.2 Å². The van der Waals surface area contributed by atoms with E-state index in [1.165, 1.54) is 12.1 Å². The number of piperidine rings is 1. The van der Waals surface area contributed by atoms with E-state index in [-0.39, 0.29) is 11.7 Å². The molecule has 2 heterocycles. The molecule has 1 N–H and O–H groups in total. The van der Waals surface area contributed by atoms with Crippen molar-refractivity contribution in [2.24, 2.45) is 0 Å². The van der Waals surface area contributed by atoms with Crippen LogP contribution >= 0.6 is 0 Å². The van der Waals surface area contributed by atoms with Gasteiger partial charge in [0.15, 0.2) is 0 Å². The van der Waals surface area contributed by atoms with Crippen LogP contribution in [0.4, 0.5) is 13.2 Å². The van der Waals surface area contributed by atoms with Gasteiger partial charge < -0.3 is 9.72 Å². The van der Waals surface area contributed by atoms with Gasteiger partial charge in [-0.05, 0) is 66.7 Å². The molecule has 0 saturated carbocycles. The summed E-state index contributed by atoms with van der Waals surface area (Å²) in [6.07, 6.45) is -0.832. The van der Waals surface area contributed by atoms with Gasteiger partial charge in [0.05, 0.1) is 5.56 Å². The molecule has 0 amide bonds. The van der Waals surface area contributed by atoms with E-state index in [1.54, 1.807) is 18.3 Å². The number of likely N-dealkylation sites (tertiary alicyclic amines) is 1. The molecular weight excluding hydrogens is 381 g/mol. The molecule has 1 aliphatic heterocycles. The summed E-state index contributed by atoms with van der Waals surface area (Å²) in [6.45, 7) is 2.17. The van der Waals surface area contributed by atoms with Crippen molar-refractivity contribution >= 4 is 10.8 Å². The van der Waals surface area contributed by atoms with Crippen LogP contribution in [-0.2, 0) is 12.7 Å². The minimum atomic E-state index is -4.31. The van der Waals surface area contributed by atoms with Crippen molar-refractivity contribution in [1.29, 1.82) is 0 Å². The monoisotopic (exact) mass is 402 g/mol. The number of hydrogen-bond acceptors (Lipinski definition) is 3. The summed E-state index contributed by atoms with van der Waals surface area (Å²) < 4.78 is 44.3. The third kappa shape index (κ3) is 4.62. The van der Waals surface area contributed by atoms with Gasteiger partial charge in [0, 0.05) is 24.7 Å². The zero-order chi connectivity index (χ0) is 20.4. The third-order valence-electron chi connectivity index (χ3n) is 5.20. The van der Waals surface area contributed by atoms with Gasteiger partial charge >= 0.3 is 6.18 Å². The second-order valence-corrected chi connectivity index (χ2v) is 7.37. The molecule has 1 saturated heterocycles.